The normalized spacial score (nSPS) is 22.7. The number of aryl methyl sites for hydroxylation is 2. The summed E-state index contributed by atoms with van der Waals surface area (Å²) < 4.78 is 41.2. The van der Waals surface area contributed by atoms with E-state index < -0.39 is 30.0 Å². The van der Waals surface area contributed by atoms with E-state index in [0.717, 1.165) is 88.8 Å². The number of hydrogen-bond donors (Lipinski definition) is 3. The summed E-state index contributed by atoms with van der Waals surface area (Å²) in [5.74, 6) is -1.19. The fourth-order valence-corrected chi connectivity index (χ4v) is 13.6. The van der Waals surface area contributed by atoms with Gasteiger partial charge in [-0.15, -0.1) is 11.3 Å². The minimum atomic E-state index is -0.880. The lowest BCUT2D eigenvalue weighted by molar-refractivity contribution is -0.141. The second-order valence-corrected chi connectivity index (χ2v) is 24.0. The predicted octanol–water partition coefficient (Wildman–Crippen LogP) is 8.23. The number of rotatable bonds is 17. The van der Waals surface area contributed by atoms with Crippen LogP contribution in [-0.4, -0.2) is 158 Å². The molecule has 8 atom stereocenters. The number of aliphatic hydroxyl groups excluding tert-OH is 1. The summed E-state index contributed by atoms with van der Waals surface area (Å²) in [4.78, 5) is 68.7. The minimum absolute atomic E-state index is 0.00589. The number of ether oxygens (including phenoxy) is 3. The largest absolute Gasteiger partial charge is 0.468 e. The SMILES string of the molecule is CCc1cccc2cccc(-c3ncc4c(N5CC6CCC(C5)N6)nc(OC[C@@H]5CC[C@@H](COC(=O)N6CC(Oc7cc([C@H](C(=O)N8C[C@H](O)C[C@H]8C(=O)N[C@@H](C)c8ccc(-c9scnc9C)cc8)C(C)C)on7)C6)N5C)nc4c3F)c12. The van der Waals surface area contributed by atoms with Crippen molar-refractivity contribution in [1.82, 2.24) is 50.4 Å². The molecule has 19 nitrogen and oxygen atoms in total. The Morgan fingerprint density at radius 2 is 1.67 bits per heavy atom. The standard InChI is InChI=1S/C61H70FN11O8S/c1-7-36-10-8-11-38-12-9-13-46(52(36)38)54-53(62)55-47(24-63-54)57(71-25-40-18-19-41(26-71)66-40)68-60(67-55)78-30-42-20-21-43(70(42)6)31-79-61(77)72-28-45(29-72)80-50-23-49(81-69-50)51(33(2)3)59(76)73-27-44(74)22-48(73)58(75)65-34(4)37-14-16-39(17-15-37)56-35(5)64-32-82-56/h8-17,23-24,32-34,40-45,48,51,66,74H,7,18-22,25-31H2,1-6H3,(H,65,75)/t34-,40?,41?,42-,43-,44+,48-,51+/m0/s1. The molecule has 21 heteroatoms. The number of aromatic nitrogens is 5. The quantitative estimate of drug-likeness (QED) is 0.0783. The number of halogens is 1. The van der Waals surface area contributed by atoms with Crippen LogP contribution < -0.4 is 25.0 Å². The van der Waals surface area contributed by atoms with Crippen molar-refractivity contribution in [2.75, 3.05) is 57.9 Å². The van der Waals surface area contributed by atoms with Crippen LogP contribution in [0.1, 0.15) is 94.3 Å². The third-order valence-corrected chi connectivity index (χ3v) is 18.3. The number of nitrogens with zero attached hydrogens (tertiary/aromatic N) is 9. The van der Waals surface area contributed by atoms with Crippen molar-refractivity contribution in [1.29, 1.82) is 0 Å². The Balaban J connectivity index is 0.637. The number of likely N-dealkylation sites (tertiary alicyclic amines) is 3. The first kappa shape index (κ1) is 55.2. The van der Waals surface area contributed by atoms with Gasteiger partial charge in [-0.2, -0.15) is 9.97 Å². The number of benzene rings is 3. The second-order valence-electron chi connectivity index (χ2n) is 23.1. The van der Waals surface area contributed by atoms with Gasteiger partial charge < -0.3 is 49.2 Å². The number of amides is 3. The molecule has 430 valence electrons. The summed E-state index contributed by atoms with van der Waals surface area (Å²) in [6, 6.07) is 21.0. The van der Waals surface area contributed by atoms with Crippen LogP contribution >= 0.6 is 11.3 Å². The number of thiazole rings is 1. The number of carbonyl (C=O) groups is 3. The van der Waals surface area contributed by atoms with E-state index in [4.69, 9.17) is 33.7 Å². The van der Waals surface area contributed by atoms with Crippen LogP contribution in [0, 0.1) is 18.7 Å². The highest BCUT2D eigenvalue weighted by atomic mass is 32.1. The van der Waals surface area contributed by atoms with E-state index in [-0.39, 0.29) is 110 Å². The smallest absolute Gasteiger partial charge is 0.410 e. The van der Waals surface area contributed by atoms with Crippen molar-refractivity contribution in [2.24, 2.45) is 5.92 Å². The molecule has 7 aromatic rings. The Kier molecular flexibility index (Phi) is 15.6. The Morgan fingerprint density at radius 3 is 2.39 bits per heavy atom. The van der Waals surface area contributed by atoms with Gasteiger partial charge in [-0.05, 0) is 91.5 Å². The zero-order valence-electron chi connectivity index (χ0n) is 47.1. The van der Waals surface area contributed by atoms with Crippen molar-refractivity contribution in [3.8, 4) is 33.6 Å². The maximum Gasteiger partial charge on any atom is 0.410 e. The van der Waals surface area contributed by atoms with Crippen LogP contribution in [0.2, 0.25) is 0 Å². The van der Waals surface area contributed by atoms with E-state index in [1.54, 1.807) is 28.5 Å². The first-order valence-electron chi connectivity index (χ1n) is 28.7. The van der Waals surface area contributed by atoms with Gasteiger partial charge in [0.15, 0.2) is 11.6 Å². The fraction of sp³-hybridized carbons (Fsp3) is 0.475. The number of piperazine rings is 1. The van der Waals surface area contributed by atoms with Gasteiger partial charge in [0.05, 0.1) is 46.7 Å². The molecule has 3 N–H and O–H groups in total. The average molecular weight is 1140 g/mol. The number of carbonyl (C=O) groups excluding carboxylic acids is 3. The summed E-state index contributed by atoms with van der Waals surface area (Å²) in [7, 11) is 1.99. The van der Waals surface area contributed by atoms with Gasteiger partial charge in [0, 0.05) is 68.0 Å². The minimum Gasteiger partial charge on any atom is -0.468 e. The molecule has 2 unspecified atom stereocenters. The van der Waals surface area contributed by atoms with Crippen LogP contribution in [0.25, 0.3) is 43.4 Å². The molecule has 9 heterocycles. The lowest BCUT2D eigenvalue weighted by Crippen LogP contribution is -2.56. The number of aliphatic hydroxyl groups is 1. The molecule has 5 aliphatic heterocycles. The van der Waals surface area contributed by atoms with Crippen molar-refractivity contribution >= 4 is 56.7 Å². The zero-order valence-corrected chi connectivity index (χ0v) is 47.9. The predicted molar refractivity (Wildman–Crippen MR) is 308 cm³/mol. The van der Waals surface area contributed by atoms with Gasteiger partial charge in [0.2, 0.25) is 11.8 Å². The van der Waals surface area contributed by atoms with Gasteiger partial charge in [-0.25, -0.2) is 14.2 Å². The van der Waals surface area contributed by atoms with Crippen molar-refractivity contribution in [3.05, 3.63) is 107 Å². The summed E-state index contributed by atoms with van der Waals surface area (Å²) in [5, 5.41) is 24.2. The van der Waals surface area contributed by atoms with E-state index in [2.05, 4.69) is 43.6 Å². The highest BCUT2D eigenvalue weighted by molar-refractivity contribution is 7.13. The summed E-state index contributed by atoms with van der Waals surface area (Å²) >= 11 is 1.58. The number of pyridine rings is 1. The van der Waals surface area contributed by atoms with Crippen LogP contribution in [0.4, 0.5) is 15.0 Å². The van der Waals surface area contributed by atoms with Crippen molar-refractivity contribution in [2.45, 2.75) is 128 Å². The van der Waals surface area contributed by atoms with Crippen LogP contribution in [0.5, 0.6) is 11.9 Å². The number of nitrogens with one attached hydrogen (secondary N) is 2. The second kappa shape index (κ2) is 23.1. The first-order valence-corrected chi connectivity index (χ1v) is 29.6. The van der Waals surface area contributed by atoms with Gasteiger partial charge in [-0.3, -0.25) is 19.5 Å². The third-order valence-electron chi connectivity index (χ3n) is 17.4. The molecule has 3 amide bonds. The maximum absolute atomic E-state index is 17.1. The number of likely N-dealkylation sites (N-methyl/N-ethyl adjacent to an activating group) is 1. The highest BCUT2D eigenvalue weighted by Gasteiger charge is 2.44. The molecular weight excluding hydrogens is 1070 g/mol. The topological polar surface area (TPSA) is 214 Å². The van der Waals surface area contributed by atoms with Gasteiger partial charge >= 0.3 is 12.1 Å². The van der Waals surface area contributed by atoms with E-state index in [1.807, 2.05) is 94.9 Å². The summed E-state index contributed by atoms with van der Waals surface area (Å²) in [5.41, 5.74) is 6.99. The molecule has 0 spiro atoms. The Bertz CT molecular complexity index is 3480. The fourth-order valence-electron chi connectivity index (χ4n) is 12.7. The molecule has 82 heavy (non-hydrogen) atoms. The molecule has 5 aliphatic rings. The lowest BCUT2D eigenvalue weighted by Gasteiger charge is -2.37. The molecular formula is C61H70FN11O8S. The first-order chi connectivity index (χ1) is 39.7. The van der Waals surface area contributed by atoms with Crippen molar-refractivity contribution in [3.63, 3.8) is 0 Å². The van der Waals surface area contributed by atoms with Gasteiger partial charge in [-0.1, -0.05) is 81.4 Å². The zero-order chi connectivity index (χ0) is 56.9. The van der Waals surface area contributed by atoms with Gasteiger partial charge in [0.25, 0.3) is 5.88 Å². The molecule has 5 saturated heterocycles. The molecule has 3 aromatic carbocycles. The van der Waals surface area contributed by atoms with Crippen LogP contribution in [-0.2, 0) is 20.7 Å². The Labute approximate surface area is 479 Å². The number of fused-ring (bicyclic) bond motifs is 4. The molecule has 2 bridgehead atoms. The average Bonchev–Trinajstić information content (AvgIpc) is 4.24. The summed E-state index contributed by atoms with van der Waals surface area (Å²) in [6.07, 6.45) is 4.61. The number of anilines is 1. The monoisotopic (exact) mass is 1140 g/mol. The number of β-amino-alcohol motifs (C(OH)–C–C–N with tert-alkyl or cyclic N) is 1. The Morgan fingerprint density at radius 1 is 0.927 bits per heavy atom. The van der Waals surface area contributed by atoms with Crippen LogP contribution in [0.3, 0.4) is 0 Å². The van der Waals surface area contributed by atoms with E-state index in [1.165, 1.54) is 4.90 Å². The molecule has 4 aromatic heterocycles. The van der Waals surface area contributed by atoms with Gasteiger partial charge in [0.1, 0.15) is 48.3 Å². The van der Waals surface area contributed by atoms with Crippen molar-refractivity contribution < 1.29 is 42.6 Å². The molecule has 12 rings (SSSR count). The third kappa shape index (κ3) is 10.9. The maximum atomic E-state index is 17.1. The van der Waals surface area contributed by atoms with E-state index >= 15 is 4.39 Å². The van der Waals surface area contributed by atoms with Crippen LogP contribution in [0.15, 0.2) is 83.0 Å². The highest BCUT2D eigenvalue weighted by Crippen LogP contribution is 2.39. The Hall–Kier alpha value is -7.33. The molecule has 5 fully saturated rings. The molecule has 0 saturated carbocycles. The number of hydrogen-bond acceptors (Lipinski definition) is 17. The van der Waals surface area contributed by atoms with E-state index in [9.17, 15) is 19.5 Å². The molecule has 0 radical (unpaired) electrons. The summed E-state index contributed by atoms with van der Waals surface area (Å²) in [6.45, 7) is 12.2. The van der Waals surface area contributed by atoms with E-state index in [0.29, 0.717) is 23.3 Å². The molecule has 0 aliphatic carbocycles. The lowest BCUT2D eigenvalue weighted by atomic mass is 9.91.